The van der Waals surface area contributed by atoms with Crippen molar-refractivity contribution in [2.75, 3.05) is 20.3 Å². The largest absolute Gasteiger partial charge is 0.383 e. The first kappa shape index (κ1) is 18.9. The topological polar surface area (TPSA) is 55.6 Å². The average molecular weight is 301 g/mol. The molecule has 4 nitrogen and oxygen atoms in total. The molecule has 0 aliphatic rings. The Morgan fingerprint density at radius 2 is 2.00 bits per heavy atom. The predicted molar refractivity (Wildman–Crippen MR) is 83.9 cm³/mol. The van der Waals surface area contributed by atoms with E-state index in [1.165, 1.54) is 0 Å². The van der Waals surface area contributed by atoms with Crippen LogP contribution in [0, 0.1) is 0 Å². The number of nitrogens with zero attached hydrogens (tertiary/aromatic N) is 1. The van der Waals surface area contributed by atoms with Crippen LogP contribution in [0.15, 0.2) is 30.3 Å². The SMILES string of the molecule is COCCN(Cc1ccccc1)C(=O)CCC(C)N.Cl. The lowest BCUT2D eigenvalue weighted by molar-refractivity contribution is -0.132. The molecule has 0 bridgehead atoms. The Morgan fingerprint density at radius 3 is 2.55 bits per heavy atom. The molecule has 1 rings (SSSR count). The fourth-order valence-electron chi connectivity index (χ4n) is 1.81. The van der Waals surface area contributed by atoms with Crippen molar-refractivity contribution in [3.63, 3.8) is 0 Å². The van der Waals surface area contributed by atoms with Crippen LogP contribution in [-0.4, -0.2) is 37.1 Å². The first-order chi connectivity index (χ1) is 9.13. The third kappa shape index (κ3) is 7.48. The Labute approximate surface area is 127 Å². The van der Waals surface area contributed by atoms with E-state index < -0.39 is 0 Å². The van der Waals surface area contributed by atoms with E-state index in [1.807, 2.05) is 42.2 Å². The lowest BCUT2D eigenvalue weighted by Gasteiger charge is -2.23. The summed E-state index contributed by atoms with van der Waals surface area (Å²) in [4.78, 5) is 14.0. The maximum atomic E-state index is 12.2. The number of amides is 1. The number of ether oxygens (including phenoxy) is 1. The van der Waals surface area contributed by atoms with Crippen LogP contribution in [0.25, 0.3) is 0 Å². The highest BCUT2D eigenvalue weighted by atomic mass is 35.5. The molecule has 1 aromatic carbocycles. The number of hydrogen-bond acceptors (Lipinski definition) is 3. The zero-order valence-electron chi connectivity index (χ0n) is 12.2. The molecule has 1 aromatic rings. The quantitative estimate of drug-likeness (QED) is 0.801. The minimum Gasteiger partial charge on any atom is -0.383 e. The lowest BCUT2D eigenvalue weighted by Crippen LogP contribution is -2.34. The van der Waals surface area contributed by atoms with Gasteiger partial charge in [-0.05, 0) is 18.9 Å². The smallest absolute Gasteiger partial charge is 0.223 e. The molecule has 0 aliphatic carbocycles. The number of rotatable bonds is 8. The van der Waals surface area contributed by atoms with Crippen molar-refractivity contribution in [3.8, 4) is 0 Å². The van der Waals surface area contributed by atoms with Gasteiger partial charge in [-0.25, -0.2) is 0 Å². The zero-order chi connectivity index (χ0) is 14.1. The van der Waals surface area contributed by atoms with Gasteiger partial charge in [0, 0.05) is 32.7 Å². The van der Waals surface area contributed by atoms with Crippen molar-refractivity contribution in [3.05, 3.63) is 35.9 Å². The van der Waals surface area contributed by atoms with Crippen LogP contribution in [0.3, 0.4) is 0 Å². The minimum absolute atomic E-state index is 0. The third-order valence-electron chi connectivity index (χ3n) is 2.95. The molecule has 1 amide bonds. The van der Waals surface area contributed by atoms with E-state index in [0.717, 1.165) is 12.0 Å². The minimum atomic E-state index is 0. The van der Waals surface area contributed by atoms with E-state index in [0.29, 0.717) is 26.1 Å². The van der Waals surface area contributed by atoms with Gasteiger partial charge in [-0.15, -0.1) is 12.4 Å². The number of halogens is 1. The molecular weight excluding hydrogens is 276 g/mol. The maximum Gasteiger partial charge on any atom is 0.223 e. The van der Waals surface area contributed by atoms with Crippen molar-refractivity contribution in [2.24, 2.45) is 5.73 Å². The average Bonchev–Trinajstić information content (AvgIpc) is 2.41. The molecule has 2 N–H and O–H groups in total. The fourth-order valence-corrected chi connectivity index (χ4v) is 1.81. The van der Waals surface area contributed by atoms with Gasteiger partial charge in [0.1, 0.15) is 0 Å². The van der Waals surface area contributed by atoms with Crippen LogP contribution in [0.1, 0.15) is 25.3 Å². The number of carbonyl (C=O) groups is 1. The first-order valence-electron chi connectivity index (χ1n) is 6.69. The van der Waals surface area contributed by atoms with Gasteiger partial charge in [-0.2, -0.15) is 0 Å². The van der Waals surface area contributed by atoms with Crippen LogP contribution < -0.4 is 5.73 Å². The summed E-state index contributed by atoms with van der Waals surface area (Å²) in [5, 5.41) is 0. The number of hydrogen-bond donors (Lipinski definition) is 1. The highest BCUT2D eigenvalue weighted by Gasteiger charge is 2.14. The van der Waals surface area contributed by atoms with E-state index in [9.17, 15) is 4.79 Å². The van der Waals surface area contributed by atoms with Gasteiger partial charge < -0.3 is 15.4 Å². The van der Waals surface area contributed by atoms with Crippen LogP contribution in [-0.2, 0) is 16.1 Å². The summed E-state index contributed by atoms with van der Waals surface area (Å²) >= 11 is 0. The van der Waals surface area contributed by atoms with Crippen LogP contribution in [0.2, 0.25) is 0 Å². The number of methoxy groups -OCH3 is 1. The summed E-state index contributed by atoms with van der Waals surface area (Å²) in [7, 11) is 1.65. The zero-order valence-corrected chi connectivity index (χ0v) is 13.1. The second kappa shape index (κ2) is 10.7. The Balaban J connectivity index is 0.00000361. The van der Waals surface area contributed by atoms with Gasteiger partial charge in [0.25, 0.3) is 0 Å². The molecule has 1 unspecified atom stereocenters. The summed E-state index contributed by atoms with van der Waals surface area (Å²) in [5.41, 5.74) is 6.83. The Kier molecular flexibility index (Phi) is 10.1. The molecular formula is C15H25ClN2O2. The first-order valence-corrected chi connectivity index (χ1v) is 6.69. The molecule has 0 radical (unpaired) electrons. The van der Waals surface area contributed by atoms with E-state index in [-0.39, 0.29) is 24.4 Å². The standard InChI is InChI=1S/C15H24N2O2.ClH/c1-13(16)8-9-15(18)17(10-11-19-2)12-14-6-4-3-5-7-14;/h3-7,13H,8-12,16H2,1-2H3;1H. The van der Waals surface area contributed by atoms with Gasteiger partial charge in [-0.1, -0.05) is 30.3 Å². The van der Waals surface area contributed by atoms with E-state index in [2.05, 4.69) is 0 Å². The summed E-state index contributed by atoms with van der Waals surface area (Å²) < 4.78 is 5.07. The molecule has 0 spiro atoms. The summed E-state index contributed by atoms with van der Waals surface area (Å²) in [6.07, 6.45) is 1.21. The second-order valence-electron chi connectivity index (χ2n) is 4.81. The Bertz CT molecular complexity index is 371. The van der Waals surface area contributed by atoms with Gasteiger partial charge in [0.15, 0.2) is 0 Å². The molecule has 1 atom stereocenters. The van der Waals surface area contributed by atoms with Crippen molar-refractivity contribution in [2.45, 2.75) is 32.4 Å². The van der Waals surface area contributed by atoms with Gasteiger partial charge >= 0.3 is 0 Å². The fraction of sp³-hybridized carbons (Fsp3) is 0.533. The van der Waals surface area contributed by atoms with Gasteiger partial charge in [-0.3, -0.25) is 4.79 Å². The number of nitrogens with two attached hydrogens (primary N) is 1. The normalized spacial score (nSPS) is 11.6. The molecule has 0 fully saturated rings. The van der Waals surface area contributed by atoms with Crippen LogP contribution >= 0.6 is 12.4 Å². The summed E-state index contributed by atoms with van der Waals surface area (Å²) in [5.74, 6) is 0.137. The molecule has 0 saturated carbocycles. The van der Waals surface area contributed by atoms with Crippen molar-refractivity contribution >= 4 is 18.3 Å². The molecule has 20 heavy (non-hydrogen) atoms. The molecule has 0 aliphatic heterocycles. The van der Waals surface area contributed by atoms with Gasteiger partial charge in [0.05, 0.1) is 6.61 Å². The van der Waals surface area contributed by atoms with Crippen molar-refractivity contribution < 1.29 is 9.53 Å². The highest BCUT2D eigenvalue weighted by molar-refractivity contribution is 5.85. The molecule has 5 heteroatoms. The van der Waals surface area contributed by atoms with E-state index in [1.54, 1.807) is 7.11 Å². The summed E-state index contributed by atoms with van der Waals surface area (Å²) in [6, 6.07) is 10.1. The predicted octanol–water partition coefficient (Wildman–Crippen LogP) is 2.21. The molecule has 0 heterocycles. The highest BCUT2D eigenvalue weighted by Crippen LogP contribution is 2.07. The monoisotopic (exact) mass is 300 g/mol. The lowest BCUT2D eigenvalue weighted by atomic mass is 10.1. The van der Waals surface area contributed by atoms with E-state index in [4.69, 9.17) is 10.5 Å². The van der Waals surface area contributed by atoms with Crippen LogP contribution in [0.4, 0.5) is 0 Å². The second-order valence-corrected chi connectivity index (χ2v) is 4.81. The van der Waals surface area contributed by atoms with E-state index >= 15 is 0 Å². The Hall–Kier alpha value is -1.10. The maximum absolute atomic E-state index is 12.2. The number of benzene rings is 1. The molecule has 0 aromatic heterocycles. The molecule has 0 saturated heterocycles. The van der Waals surface area contributed by atoms with Crippen molar-refractivity contribution in [1.29, 1.82) is 0 Å². The third-order valence-corrected chi connectivity index (χ3v) is 2.95. The Morgan fingerprint density at radius 1 is 1.35 bits per heavy atom. The summed E-state index contributed by atoms with van der Waals surface area (Å²) in [6.45, 7) is 3.71. The van der Waals surface area contributed by atoms with Gasteiger partial charge in [0.2, 0.25) is 5.91 Å². The van der Waals surface area contributed by atoms with Crippen LogP contribution in [0.5, 0.6) is 0 Å². The van der Waals surface area contributed by atoms with Crippen molar-refractivity contribution in [1.82, 2.24) is 4.90 Å². The number of carbonyl (C=O) groups excluding carboxylic acids is 1. The molecule has 114 valence electrons.